The van der Waals surface area contributed by atoms with Crippen LogP contribution in [0.25, 0.3) is 0 Å². The van der Waals surface area contributed by atoms with Crippen LogP contribution in [0.1, 0.15) is 36.9 Å². The fourth-order valence-electron chi connectivity index (χ4n) is 3.06. The molecule has 1 saturated carbocycles. The van der Waals surface area contributed by atoms with Gasteiger partial charge in [0.2, 0.25) is 0 Å². The number of aliphatic hydroxyl groups is 1. The molecule has 5 heteroatoms. The Balaban J connectivity index is 1.77. The van der Waals surface area contributed by atoms with Gasteiger partial charge in [-0.25, -0.2) is 4.98 Å². The molecule has 3 N–H and O–H groups in total. The third-order valence-corrected chi connectivity index (χ3v) is 4.13. The summed E-state index contributed by atoms with van der Waals surface area (Å²) in [5.41, 5.74) is 1.36. The van der Waals surface area contributed by atoms with Crippen LogP contribution in [0.15, 0.2) is 36.8 Å². The van der Waals surface area contributed by atoms with Gasteiger partial charge in [-0.15, -0.1) is 0 Å². The fourth-order valence-corrected chi connectivity index (χ4v) is 3.06. The Bertz CT molecular complexity index is 647. The van der Waals surface area contributed by atoms with E-state index < -0.39 is 5.60 Å². The summed E-state index contributed by atoms with van der Waals surface area (Å²) in [5.74, 6) is 0. The summed E-state index contributed by atoms with van der Waals surface area (Å²) in [6.07, 6.45) is 6.53. The van der Waals surface area contributed by atoms with Crippen LogP contribution in [0.5, 0.6) is 0 Å². The molecule has 2 aromatic rings. The average Bonchev–Trinajstić information content (AvgIpc) is 3.03. The lowest BCUT2D eigenvalue weighted by Gasteiger charge is -2.36. The smallest absolute Gasteiger partial charge is 0.108 e. The SMILES string of the molecule is N#Cc1ccccc1NC1CCCC(O)(c2cnc[nH]2)C1. The van der Waals surface area contributed by atoms with E-state index in [9.17, 15) is 5.11 Å². The molecular formula is C16H18N4O. The maximum absolute atomic E-state index is 10.8. The van der Waals surface area contributed by atoms with E-state index in [0.717, 1.165) is 30.6 Å². The molecule has 1 heterocycles. The van der Waals surface area contributed by atoms with Crippen LogP contribution in [0.3, 0.4) is 0 Å². The van der Waals surface area contributed by atoms with E-state index in [1.54, 1.807) is 18.6 Å². The quantitative estimate of drug-likeness (QED) is 0.807. The van der Waals surface area contributed by atoms with E-state index in [1.807, 2.05) is 18.2 Å². The second kappa shape index (κ2) is 5.58. The number of nitrogens with one attached hydrogen (secondary N) is 2. The van der Waals surface area contributed by atoms with Gasteiger partial charge in [0.05, 0.1) is 29.5 Å². The van der Waals surface area contributed by atoms with Gasteiger partial charge >= 0.3 is 0 Å². The molecule has 1 aromatic heterocycles. The summed E-state index contributed by atoms with van der Waals surface area (Å²) >= 11 is 0. The predicted octanol–water partition coefficient (Wildman–Crippen LogP) is 2.52. The van der Waals surface area contributed by atoms with Gasteiger partial charge in [0.25, 0.3) is 0 Å². The van der Waals surface area contributed by atoms with Gasteiger partial charge in [-0.1, -0.05) is 12.1 Å². The molecule has 0 radical (unpaired) electrons. The fraction of sp³-hybridized carbons (Fsp3) is 0.375. The number of hydrogen-bond acceptors (Lipinski definition) is 4. The predicted molar refractivity (Wildman–Crippen MR) is 79.5 cm³/mol. The van der Waals surface area contributed by atoms with Crippen LogP contribution in [-0.4, -0.2) is 21.1 Å². The molecule has 1 fully saturated rings. The van der Waals surface area contributed by atoms with Gasteiger partial charge in [0.15, 0.2) is 0 Å². The summed E-state index contributed by atoms with van der Waals surface area (Å²) in [6.45, 7) is 0. The van der Waals surface area contributed by atoms with Crippen molar-refractivity contribution in [3.63, 3.8) is 0 Å². The Labute approximate surface area is 123 Å². The zero-order chi connectivity index (χ0) is 14.7. The molecule has 2 unspecified atom stereocenters. The van der Waals surface area contributed by atoms with Gasteiger partial charge < -0.3 is 15.4 Å². The van der Waals surface area contributed by atoms with Crippen LogP contribution in [-0.2, 0) is 5.60 Å². The van der Waals surface area contributed by atoms with Crippen molar-refractivity contribution >= 4 is 5.69 Å². The van der Waals surface area contributed by atoms with E-state index >= 15 is 0 Å². The van der Waals surface area contributed by atoms with E-state index in [0.29, 0.717) is 12.0 Å². The maximum Gasteiger partial charge on any atom is 0.108 e. The zero-order valence-electron chi connectivity index (χ0n) is 11.7. The Kier molecular flexibility index (Phi) is 3.63. The second-order valence-corrected chi connectivity index (χ2v) is 5.59. The number of aromatic amines is 1. The molecular weight excluding hydrogens is 264 g/mol. The van der Waals surface area contributed by atoms with Crippen molar-refractivity contribution in [2.45, 2.75) is 37.3 Å². The van der Waals surface area contributed by atoms with Gasteiger partial charge in [-0.3, -0.25) is 0 Å². The standard InChI is InChI=1S/C16H18N4O/c17-9-12-4-1-2-6-14(12)20-13-5-3-7-16(21,8-13)15-10-18-11-19-15/h1-2,4,6,10-11,13,20-21H,3,5,7-8H2,(H,18,19). The lowest BCUT2D eigenvalue weighted by Crippen LogP contribution is -2.38. The van der Waals surface area contributed by atoms with Crippen molar-refractivity contribution in [1.82, 2.24) is 9.97 Å². The molecule has 0 aliphatic heterocycles. The second-order valence-electron chi connectivity index (χ2n) is 5.59. The summed E-state index contributed by atoms with van der Waals surface area (Å²) < 4.78 is 0. The lowest BCUT2D eigenvalue weighted by molar-refractivity contribution is -0.00825. The number of benzene rings is 1. The lowest BCUT2D eigenvalue weighted by atomic mass is 9.80. The number of rotatable bonds is 3. The molecule has 0 amide bonds. The molecule has 3 rings (SSSR count). The zero-order valence-corrected chi connectivity index (χ0v) is 11.7. The Hall–Kier alpha value is -2.32. The van der Waals surface area contributed by atoms with Crippen molar-refractivity contribution in [1.29, 1.82) is 5.26 Å². The van der Waals surface area contributed by atoms with Gasteiger partial charge in [0.1, 0.15) is 11.7 Å². The molecule has 108 valence electrons. The van der Waals surface area contributed by atoms with Crippen molar-refractivity contribution in [2.75, 3.05) is 5.32 Å². The maximum atomic E-state index is 10.8. The minimum Gasteiger partial charge on any atom is -0.384 e. The molecule has 0 saturated heterocycles. The van der Waals surface area contributed by atoms with Crippen LogP contribution in [0.2, 0.25) is 0 Å². The molecule has 0 spiro atoms. The Morgan fingerprint density at radius 1 is 1.43 bits per heavy atom. The first-order chi connectivity index (χ1) is 10.2. The highest BCUT2D eigenvalue weighted by Crippen LogP contribution is 2.37. The van der Waals surface area contributed by atoms with Crippen LogP contribution >= 0.6 is 0 Å². The van der Waals surface area contributed by atoms with Crippen molar-refractivity contribution in [3.05, 3.63) is 48.0 Å². The first-order valence-corrected chi connectivity index (χ1v) is 7.18. The summed E-state index contributed by atoms with van der Waals surface area (Å²) in [7, 11) is 0. The molecule has 0 bridgehead atoms. The Morgan fingerprint density at radius 2 is 2.29 bits per heavy atom. The third kappa shape index (κ3) is 2.76. The molecule has 1 aromatic carbocycles. The first kappa shape index (κ1) is 13.7. The number of para-hydroxylation sites is 1. The monoisotopic (exact) mass is 282 g/mol. The molecule has 5 nitrogen and oxygen atoms in total. The highest BCUT2D eigenvalue weighted by Gasteiger charge is 2.37. The summed E-state index contributed by atoms with van der Waals surface area (Å²) in [6, 6.07) is 9.80. The number of anilines is 1. The van der Waals surface area contributed by atoms with E-state index in [1.165, 1.54) is 0 Å². The van der Waals surface area contributed by atoms with Crippen LogP contribution < -0.4 is 5.32 Å². The van der Waals surface area contributed by atoms with Crippen molar-refractivity contribution in [2.24, 2.45) is 0 Å². The summed E-state index contributed by atoms with van der Waals surface area (Å²) in [5, 5.41) is 23.4. The molecule has 1 aliphatic carbocycles. The largest absolute Gasteiger partial charge is 0.384 e. The highest BCUT2D eigenvalue weighted by atomic mass is 16.3. The molecule has 21 heavy (non-hydrogen) atoms. The van der Waals surface area contributed by atoms with Crippen molar-refractivity contribution < 1.29 is 5.11 Å². The number of hydrogen-bond donors (Lipinski definition) is 3. The topological polar surface area (TPSA) is 84.7 Å². The van der Waals surface area contributed by atoms with E-state index in [4.69, 9.17) is 5.26 Å². The number of aromatic nitrogens is 2. The normalized spacial score (nSPS) is 25.2. The highest BCUT2D eigenvalue weighted by molar-refractivity contribution is 5.57. The van der Waals surface area contributed by atoms with Gasteiger partial charge in [0, 0.05) is 12.5 Å². The third-order valence-electron chi connectivity index (χ3n) is 4.13. The summed E-state index contributed by atoms with van der Waals surface area (Å²) in [4.78, 5) is 7.01. The van der Waals surface area contributed by atoms with Crippen LogP contribution in [0, 0.1) is 11.3 Å². The number of nitrogens with zero attached hydrogens (tertiary/aromatic N) is 2. The first-order valence-electron chi connectivity index (χ1n) is 7.18. The van der Waals surface area contributed by atoms with E-state index in [2.05, 4.69) is 21.4 Å². The van der Waals surface area contributed by atoms with E-state index in [-0.39, 0.29) is 6.04 Å². The van der Waals surface area contributed by atoms with Gasteiger partial charge in [-0.05, 0) is 31.4 Å². The van der Waals surface area contributed by atoms with Crippen molar-refractivity contribution in [3.8, 4) is 6.07 Å². The average molecular weight is 282 g/mol. The Morgan fingerprint density at radius 3 is 3.05 bits per heavy atom. The number of nitriles is 1. The minimum absolute atomic E-state index is 0.140. The van der Waals surface area contributed by atoms with Crippen LogP contribution in [0.4, 0.5) is 5.69 Å². The number of imidazole rings is 1. The molecule has 1 aliphatic rings. The van der Waals surface area contributed by atoms with Gasteiger partial charge in [-0.2, -0.15) is 5.26 Å². The number of H-pyrrole nitrogens is 1. The molecule has 2 atom stereocenters. The minimum atomic E-state index is -0.867.